The highest BCUT2D eigenvalue weighted by Crippen LogP contribution is 2.20. The van der Waals surface area contributed by atoms with Gasteiger partial charge in [0.25, 0.3) is 0 Å². The van der Waals surface area contributed by atoms with E-state index in [4.69, 9.17) is 33.2 Å². The summed E-state index contributed by atoms with van der Waals surface area (Å²) in [7, 11) is 0. The molecule has 0 amide bonds. The van der Waals surface area contributed by atoms with Gasteiger partial charge in [-0.05, 0) is 102 Å². The molecule has 0 saturated carbocycles. The van der Waals surface area contributed by atoms with E-state index in [1.165, 1.54) is 347 Å². The molecule has 0 aromatic carbocycles. The van der Waals surface area contributed by atoms with Gasteiger partial charge in [0.05, 0.1) is 13.2 Å². The van der Waals surface area contributed by atoms with Crippen LogP contribution in [0.15, 0.2) is 24.3 Å². The van der Waals surface area contributed by atoms with Crippen LogP contribution in [0.5, 0.6) is 0 Å². The molecule has 0 radical (unpaired) electrons. The Morgan fingerprint density at radius 1 is 0.195 bits per heavy atom. The van der Waals surface area contributed by atoms with Gasteiger partial charge in [0.1, 0.15) is 0 Å². The molecular weight excluding hydrogens is 1070 g/mol. The predicted molar refractivity (Wildman–Crippen MR) is 381 cm³/mol. The van der Waals surface area contributed by atoms with Crippen molar-refractivity contribution in [2.45, 2.75) is 452 Å². The van der Waals surface area contributed by atoms with Crippen LogP contribution in [-0.2, 0) is 33.2 Å². The molecule has 2 atom stereocenters. The molecule has 0 aliphatic heterocycles. The molecule has 0 aliphatic rings. The van der Waals surface area contributed by atoms with Crippen molar-refractivity contribution in [3.8, 4) is 0 Å². The third-order valence-corrected chi connectivity index (χ3v) is 17.7. The highest BCUT2D eigenvalue weighted by atomic mass is 16.8. The van der Waals surface area contributed by atoms with E-state index in [9.17, 15) is 0 Å². The van der Waals surface area contributed by atoms with Gasteiger partial charge in [-0.3, -0.25) is 0 Å². The largest absolute Gasteiger partial charge is 0.353 e. The van der Waals surface area contributed by atoms with Crippen LogP contribution in [0.2, 0.25) is 0 Å². The van der Waals surface area contributed by atoms with Crippen molar-refractivity contribution >= 4 is 0 Å². The molecule has 7 nitrogen and oxygen atoms in total. The van der Waals surface area contributed by atoms with Gasteiger partial charge in [0.15, 0.2) is 25.2 Å². The summed E-state index contributed by atoms with van der Waals surface area (Å²) >= 11 is 0. The normalized spacial score (nSPS) is 12.9. The first kappa shape index (κ1) is 86.2. The van der Waals surface area contributed by atoms with Crippen LogP contribution in [0, 0.1) is 0 Å². The molecule has 0 aliphatic carbocycles. The Hall–Kier alpha value is -0.800. The molecule has 87 heavy (non-hydrogen) atoms. The Balaban J connectivity index is 4.65. The van der Waals surface area contributed by atoms with Gasteiger partial charge in [0, 0.05) is 26.4 Å². The third-order valence-electron chi connectivity index (χ3n) is 17.7. The summed E-state index contributed by atoms with van der Waals surface area (Å²) in [6, 6.07) is 0. The van der Waals surface area contributed by atoms with Gasteiger partial charge >= 0.3 is 0 Å². The van der Waals surface area contributed by atoms with Crippen molar-refractivity contribution < 1.29 is 33.2 Å². The van der Waals surface area contributed by atoms with Crippen LogP contribution in [0.3, 0.4) is 0 Å². The zero-order valence-corrected chi connectivity index (χ0v) is 60.1. The van der Waals surface area contributed by atoms with Crippen molar-refractivity contribution in [1.82, 2.24) is 0 Å². The fraction of sp³-hybridized carbons (Fsp3) is 0.950. The van der Waals surface area contributed by atoms with Crippen LogP contribution in [0.25, 0.3) is 0 Å². The lowest BCUT2D eigenvalue weighted by atomic mass is 10.1. The van der Waals surface area contributed by atoms with E-state index in [1.54, 1.807) is 0 Å². The van der Waals surface area contributed by atoms with Crippen molar-refractivity contribution in [3.05, 3.63) is 24.3 Å². The van der Waals surface area contributed by atoms with Gasteiger partial charge < -0.3 is 33.2 Å². The fourth-order valence-corrected chi connectivity index (χ4v) is 11.8. The average Bonchev–Trinajstić information content (AvgIpc) is 3.57. The van der Waals surface area contributed by atoms with E-state index in [0.29, 0.717) is 0 Å². The minimum Gasteiger partial charge on any atom is -0.353 e. The Morgan fingerprint density at radius 2 is 0.379 bits per heavy atom. The second kappa shape index (κ2) is 77.6. The summed E-state index contributed by atoms with van der Waals surface area (Å²) < 4.78 is 44.7. The van der Waals surface area contributed by atoms with E-state index in [-0.39, 0.29) is 25.2 Å². The third kappa shape index (κ3) is 70.9. The van der Waals surface area contributed by atoms with Crippen LogP contribution in [0.4, 0.5) is 0 Å². The van der Waals surface area contributed by atoms with Crippen LogP contribution in [0.1, 0.15) is 427 Å². The average molecular weight is 1230 g/mol. The molecule has 0 aromatic rings. The summed E-state index contributed by atoms with van der Waals surface area (Å²) in [5.41, 5.74) is 0. The Labute approximate surface area is 546 Å². The molecule has 0 spiro atoms. The zero-order chi connectivity index (χ0) is 62.8. The molecule has 0 aromatic heterocycles. The summed E-state index contributed by atoms with van der Waals surface area (Å²) in [6.45, 7) is 18.6. The van der Waals surface area contributed by atoms with Crippen LogP contribution >= 0.6 is 0 Å². The number of unbranched alkanes of at least 4 members (excludes halogenated alkanes) is 50. The number of hydrogen-bond donors (Lipinski definition) is 0. The highest BCUT2D eigenvalue weighted by molar-refractivity contribution is 4.90. The molecule has 0 heterocycles. The molecule has 0 rings (SSSR count). The first-order valence-electron chi connectivity index (χ1n) is 39.8. The lowest BCUT2D eigenvalue weighted by Gasteiger charge is -2.21. The molecule has 0 saturated heterocycles. The van der Waals surface area contributed by atoms with Gasteiger partial charge in [-0.2, -0.15) is 0 Å². The second-order valence-electron chi connectivity index (χ2n) is 26.6. The summed E-state index contributed by atoms with van der Waals surface area (Å²) in [5.74, 6) is 0. The van der Waals surface area contributed by atoms with E-state index < -0.39 is 0 Å². The fourth-order valence-electron chi connectivity index (χ4n) is 11.8. The zero-order valence-electron chi connectivity index (χ0n) is 60.1. The first-order valence-corrected chi connectivity index (χ1v) is 39.8. The molecule has 520 valence electrons. The monoisotopic (exact) mass is 1230 g/mol. The maximum absolute atomic E-state index is 6.56. The molecular formula is C80H158O7. The molecule has 7 heteroatoms. The molecule has 0 N–H and O–H groups in total. The SMILES string of the molecule is CCCCCCCCCCOC(CCCCCCCCCCCC=CC(OCCCCC)OC(C=CCCCCCCCCCCCC(OCCCCCCCCCC)OCCCCCCCCCC)OCCCCC)OCCCCCCCCCC. The maximum Gasteiger partial charge on any atom is 0.180 e. The predicted octanol–water partition coefficient (Wildman–Crippen LogP) is 27.0. The molecule has 0 bridgehead atoms. The smallest absolute Gasteiger partial charge is 0.180 e. The van der Waals surface area contributed by atoms with Crippen molar-refractivity contribution in [2.75, 3.05) is 39.6 Å². The van der Waals surface area contributed by atoms with Crippen molar-refractivity contribution in [2.24, 2.45) is 0 Å². The van der Waals surface area contributed by atoms with Crippen molar-refractivity contribution in [1.29, 1.82) is 0 Å². The minimum absolute atomic E-state index is 0.00760. The topological polar surface area (TPSA) is 64.6 Å². The van der Waals surface area contributed by atoms with Crippen LogP contribution < -0.4 is 0 Å². The second-order valence-corrected chi connectivity index (χ2v) is 26.6. The van der Waals surface area contributed by atoms with Gasteiger partial charge in [-0.1, -0.05) is 349 Å². The van der Waals surface area contributed by atoms with Crippen molar-refractivity contribution in [3.63, 3.8) is 0 Å². The van der Waals surface area contributed by atoms with E-state index in [2.05, 4.69) is 65.8 Å². The lowest BCUT2D eigenvalue weighted by Crippen LogP contribution is -2.25. The first-order chi connectivity index (χ1) is 43.1. The van der Waals surface area contributed by atoms with Gasteiger partial charge in [-0.15, -0.1) is 0 Å². The van der Waals surface area contributed by atoms with Gasteiger partial charge in [-0.25, -0.2) is 0 Å². The van der Waals surface area contributed by atoms with E-state index in [0.717, 1.165) is 78.2 Å². The molecule has 2 unspecified atom stereocenters. The maximum atomic E-state index is 6.56. The highest BCUT2D eigenvalue weighted by Gasteiger charge is 2.15. The summed E-state index contributed by atoms with van der Waals surface area (Å²) in [6.07, 6.45) is 85.6. The number of ether oxygens (including phenoxy) is 7. The molecule has 0 fully saturated rings. The summed E-state index contributed by atoms with van der Waals surface area (Å²) in [5, 5.41) is 0. The number of allylic oxidation sites excluding steroid dienone is 2. The Kier molecular flexibility index (Phi) is 76.9. The quantitative estimate of drug-likeness (QED) is 0.0341. The van der Waals surface area contributed by atoms with E-state index >= 15 is 0 Å². The minimum atomic E-state index is -0.377. The standard InChI is InChI=1S/C80H158O7/c1-7-13-19-23-27-45-53-63-73-81-77(82-74-64-54-46-28-24-20-14-8-2)67-57-49-41-37-33-31-35-39-43-51-59-69-79(85-71-61-17-11-5)87-80(86-72-62-18-12-6)70-60-52-44-40-36-32-34-38-42-50-58-68-78(83-75-65-55-47-29-25-21-15-9-3)84-76-66-56-48-30-26-22-16-10-4/h59-60,69-70,77-80H,7-58,61-68,71-76H2,1-6H3. The number of hydrogen-bond acceptors (Lipinski definition) is 7. The van der Waals surface area contributed by atoms with Crippen LogP contribution in [-0.4, -0.2) is 64.8 Å². The summed E-state index contributed by atoms with van der Waals surface area (Å²) in [4.78, 5) is 0. The number of rotatable bonds is 78. The lowest BCUT2D eigenvalue weighted by molar-refractivity contribution is -0.208. The van der Waals surface area contributed by atoms with Gasteiger partial charge in [0.2, 0.25) is 0 Å². The Morgan fingerprint density at radius 3 is 0.632 bits per heavy atom. The Bertz CT molecular complexity index is 1140. The van der Waals surface area contributed by atoms with E-state index in [1.807, 2.05) is 0 Å².